The van der Waals surface area contributed by atoms with Crippen LogP contribution in [-0.4, -0.2) is 31.2 Å². The van der Waals surface area contributed by atoms with Gasteiger partial charge < -0.3 is 15.7 Å². The van der Waals surface area contributed by atoms with Crippen LogP contribution in [0.3, 0.4) is 0 Å². The highest BCUT2D eigenvalue weighted by Crippen LogP contribution is 2.10. The summed E-state index contributed by atoms with van der Waals surface area (Å²) in [5.41, 5.74) is 1.25. The molecule has 0 spiro atoms. The minimum Gasteiger partial charge on any atom is -0.508 e. The number of aromatic hydroxyl groups is 1. The molecule has 1 aromatic rings. The molecule has 0 aromatic heterocycles. The molecule has 0 aliphatic carbocycles. The molecule has 4 nitrogen and oxygen atoms in total. The second kappa shape index (κ2) is 10.1. The molecule has 0 amide bonds. The molecule has 112 valence electrons. The minimum atomic E-state index is 0.323. The Morgan fingerprint density at radius 2 is 1.70 bits per heavy atom. The van der Waals surface area contributed by atoms with Crippen LogP contribution < -0.4 is 10.6 Å². The van der Waals surface area contributed by atoms with Gasteiger partial charge in [0.25, 0.3) is 0 Å². The molecular formula is C16H27N3O. The zero-order chi connectivity index (χ0) is 14.6. The van der Waals surface area contributed by atoms with Gasteiger partial charge in [0.05, 0.1) is 0 Å². The number of guanidine groups is 1. The highest BCUT2D eigenvalue weighted by atomic mass is 16.3. The minimum absolute atomic E-state index is 0.323. The first-order valence-corrected chi connectivity index (χ1v) is 7.48. The molecule has 0 unspecified atom stereocenters. The van der Waals surface area contributed by atoms with Gasteiger partial charge in [0.2, 0.25) is 0 Å². The topological polar surface area (TPSA) is 56.7 Å². The van der Waals surface area contributed by atoms with Crippen molar-refractivity contribution in [2.24, 2.45) is 4.99 Å². The molecule has 0 radical (unpaired) electrons. The largest absolute Gasteiger partial charge is 0.508 e. The Hall–Kier alpha value is -1.71. The molecular weight excluding hydrogens is 250 g/mol. The van der Waals surface area contributed by atoms with E-state index in [1.165, 1.54) is 24.8 Å². The Labute approximate surface area is 122 Å². The lowest BCUT2D eigenvalue weighted by Gasteiger charge is -2.11. The summed E-state index contributed by atoms with van der Waals surface area (Å²) >= 11 is 0. The number of rotatable bonds is 8. The second-order valence-corrected chi connectivity index (χ2v) is 4.90. The summed E-state index contributed by atoms with van der Waals surface area (Å²) in [5, 5.41) is 15.9. The third-order valence-electron chi connectivity index (χ3n) is 3.17. The van der Waals surface area contributed by atoms with Crippen molar-refractivity contribution in [3.63, 3.8) is 0 Å². The lowest BCUT2D eigenvalue weighted by Crippen LogP contribution is -2.38. The van der Waals surface area contributed by atoms with Gasteiger partial charge in [-0.05, 0) is 37.0 Å². The number of hydrogen-bond donors (Lipinski definition) is 3. The Balaban J connectivity index is 2.13. The molecule has 0 saturated heterocycles. The van der Waals surface area contributed by atoms with Crippen LogP contribution in [0.15, 0.2) is 29.3 Å². The molecule has 0 saturated carbocycles. The van der Waals surface area contributed by atoms with Gasteiger partial charge in [-0.1, -0.05) is 31.9 Å². The number of nitrogens with zero attached hydrogens (tertiary/aromatic N) is 1. The monoisotopic (exact) mass is 277 g/mol. The van der Waals surface area contributed by atoms with Gasteiger partial charge in [0.1, 0.15) is 5.75 Å². The molecule has 4 heteroatoms. The van der Waals surface area contributed by atoms with E-state index in [2.05, 4.69) is 22.5 Å². The fourth-order valence-corrected chi connectivity index (χ4v) is 1.96. The van der Waals surface area contributed by atoms with E-state index in [1.807, 2.05) is 12.1 Å². The van der Waals surface area contributed by atoms with Crippen molar-refractivity contribution in [3.8, 4) is 5.75 Å². The van der Waals surface area contributed by atoms with Crippen LogP contribution in [0.1, 0.15) is 38.2 Å². The molecule has 1 aromatic carbocycles. The highest BCUT2D eigenvalue weighted by Gasteiger charge is 1.97. The van der Waals surface area contributed by atoms with E-state index in [0.29, 0.717) is 5.75 Å². The van der Waals surface area contributed by atoms with Crippen molar-refractivity contribution >= 4 is 5.96 Å². The van der Waals surface area contributed by atoms with Crippen LogP contribution in [0.2, 0.25) is 0 Å². The maximum absolute atomic E-state index is 9.22. The molecule has 0 aliphatic heterocycles. The van der Waals surface area contributed by atoms with Gasteiger partial charge in [-0.3, -0.25) is 4.99 Å². The van der Waals surface area contributed by atoms with Gasteiger partial charge >= 0.3 is 0 Å². The van der Waals surface area contributed by atoms with Gasteiger partial charge in [-0.2, -0.15) is 0 Å². The van der Waals surface area contributed by atoms with Crippen LogP contribution in [0.5, 0.6) is 5.75 Å². The van der Waals surface area contributed by atoms with Crippen molar-refractivity contribution < 1.29 is 5.11 Å². The lowest BCUT2D eigenvalue weighted by atomic mass is 10.1. The van der Waals surface area contributed by atoms with E-state index in [4.69, 9.17) is 0 Å². The summed E-state index contributed by atoms with van der Waals surface area (Å²) in [6.45, 7) is 4.08. The second-order valence-electron chi connectivity index (χ2n) is 4.90. The summed E-state index contributed by atoms with van der Waals surface area (Å²) in [4.78, 5) is 4.20. The molecule has 0 aliphatic rings. The maximum Gasteiger partial charge on any atom is 0.190 e. The molecule has 0 bridgehead atoms. The molecule has 0 atom stereocenters. The van der Waals surface area contributed by atoms with Crippen LogP contribution in [0.25, 0.3) is 0 Å². The number of phenolic OH excluding ortho intramolecular Hbond substituents is 1. The molecule has 20 heavy (non-hydrogen) atoms. The summed E-state index contributed by atoms with van der Waals surface area (Å²) < 4.78 is 0. The van der Waals surface area contributed by atoms with Crippen molar-refractivity contribution in [1.29, 1.82) is 0 Å². The first-order valence-electron chi connectivity index (χ1n) is 7.48. The third-order valence-corrected chi connectivity index (χ3v) is 3.17. The standard InChI is InChI=1S/C16H27N3O/c1-3-4-5-12-18-16(17-2)19-13-6-7-14-8-10-15(20)11-9-14/h8-11,20H,3-7,12-13H2,1-2H3,(H2,17,18,19). The van der Waals surface area contributed by atoms with Crippen molar-refractivity contribution in [3.05, 3.63) is 29.8 Å². The predicted octanol–water partition coefficient (Wildman–Crippen LogP) is 2.68. The molecule has 0 fully saturated rings. The Morgan fingerprint density at radius 1 is 1.05 bits per heavy atom. The van der Waals surface area contributed by atoms with Gasteiger partial charge in [0, 0.05) is 20.1 Å². The van der Waals surface area contributed by atoms with Gasteiger partial charge in [-0.15, -0.1) is 0 Å². The van der Waals surface area contributed by atoms with Crippen molar-refractivity contribution in [2.75, 3.05) is 20.1 Å². The first-order chi connectivity index (χ1) is 9.76. The first kappa shape index (κ1) is 16.3. The van der Waals surface area contributed by atoms with E-state index in [9.17, 15) is 5.11 Å². The highest BCUT2D eigenvalue weighted by molar-refractivity contribution is 5.79. The zero-order valence-electron chi connectivity index (χ0n) is 12.7. The SMILES string of the molecule is CCCCCNC(=NC)NCCCc1ccc(O)cc1. The molecule has 0 heterocycles. The predicted molar refractivity (Wildman–Crippen MR) is 85.3 cm³/mol. The average molecular weight is 277 g/mol. The maximum atomic E-state index is 9.22. The zero-order valence-corrected chi connectivity index (χ0v) is 12.7. The van der Waals surface area contributed by atoms with Crippen LogP contribution in [0.4, 0.5) is 0 Å². The summed E-state index contributed by atoms with van der Waals surface area (Å²) in [7, 11) is 1.80. The fraction of sp³-hybridized carbons (Fsp3) is 0.562. The van der Waals surface area contributed by atoms with Gasteiger partial charge in [-0.25, -0.2) is 0 Å². The van der Waals surface area contributed by atoms with E-state index < -0.39 is 0 Å². The number of hydrogen-bond acceptors (Lipinski definition) is 2. The number of aryl methyl sites for hydroxylation is 1. The summed E-state index contributed by atoms with van der Waals surface area (Å²) in [6.07, 6.45) is 5.72. The number of unbranched alkanes of at least 4 members (excludes halogenated alkanes) is 2. The summed E-state index contributed by atoms with van der Waals surface area (Å²) in [6, 6.07) is 7.40. The molecule has 1 rings (SSSR count). The van der Waals surface area contributed by atoms with E-state index >= 15 is 0 Å². The van der Waals surface area contributed by atoms with Gasteiger partial charge in [0.15, 0.2) is 5.96 Å². The Morgan fingerprint density at radius 3 is 2.30 bits per heavy atom. The number of benzene rings is 1. The normalized spacial score (nSPS) is 11.4. The van der Waals surface area contributed by atoms with Crippen LogP contribution >= 0.6 is 0 Å². The fourth-order valence-electron chi connectivity index (χ4n) is 1.96. The average Bonchev–Trinajstić information content (AvgIpc) is 2.47. The Bertz CT molecular complexity index is 387. The quantitative estimate of drug-likeness (QED) is 0.389. The lowest BCUT2D eigenvalue weighted by molar-refractivity contribution is 0.475. The van der Waals surface area contributed by atoms with E-state index in [-0.39, 0.29) is 0 Å². The smallest absolute Gasteiger partial charge is 0.190 e. The van der Waals surface area contributed by atoms with Crippen molar-refractivity contribution in [2.45, 2.75) is 39.0 Å². The van der Waals surface area contributed by atoms with E-state index in [0.717, 1.165) is 31.9 Å². The number of aliphatic imine (C=N–C) groups is 1. The molecule has 3 N–H and O–H groups in total. The number of nitrogens with one attached hydrogen (secondary N) is 2. The van der Waals surface area contributed by atoms with Crippen LogP contribution in [0, 0.1) is 0 Å². The summed E-state index contributed by atoms with van der Waals surface area (Å²) in [5.74, 6) is 1.20. The Kier molecular flexibility index (Phi) is 8.27. The third kappa shape index (κ3) is 7.02. The van der Waals surface area contributed by atoms with Crippen molar-refractivity contribution in [1.82, 2.24) is 10.6 Å². The van der Waals surface area contributed by atoms with Crippen LogP contribution in [-0.2, 0) is 6.42 Å². The number of phenols is 1. The van der Waals surface area contributed by atoms with E-state index in [1.54, 1.807) is 19.2 Å².